The van der Waals surface area contributed by atoms with E-state index in [9.17, 15) is 0 Å². The molecule has 6 heteroatoms. The molecule has 0 spiro atoms. The maximum absolute atomic E-state index is 5.38. The zero-order valence-electron chi connectivity index (χ0n) is 9.23. The van der Waals surface area contributed by atoms with E-state index in [2.05, 4.69) is 10.2 Å². The summed E-state index contributed by atoms with van der Waals surface area (Å²) in [5.41, 5.74) is 0. The Balaban J connectivity index is 2.32. The third-order valence-electron chi connectivity index (χ3n) is 1.56. The molecule has 0 saturated carbocycles. The normalized spacial score (nSPS) is 11.2. The van der Waals surface area contributed by atoms with Gasteiger partial charge in [-0.2, -0.15) is 0 Å². The summed E-state index contributed by atoms with van der Waals surface area (Å²) in [6.07, 6.45) is -0.211. The lowest BCUT2D eigenvalue weighted by Crippen LogP contribution is -2.19. The van der Waals surface area contributed by atoms with Crippen LogP contribution < -0.4 is 0 Å². The van der Waals surface area contributed by atoms with E-state index < -0.39 is 0 Å². The summed E-state index contributed by atoms with van der Waals surface area (Å²) in [7, 11) is 0. The molecule has 0 unspecified atom stereocenters. The molecule has 15 heavy (non-hydrogen) atoms. The van der Waals surface area contributed by atoms with E-state index in [1.165, 1.54) is 11.8 Å². The molecule has 0 amide bonds. The minimum absolute atomic E-state index is 0.211. The second-order valence-electron chi connectivity index (χ2n) is 2.74. The van der Waals surface area contributed by atoms with Gasteiger partial charge in [-0.3, -0.25) is 0 Å². The van der Waals surface area contributed by atoms with Gasteiger partial charge in [0.25, 0.3) is 5.22 Å². The van der Waals surface area contributed by atoms with Gasteiger partial charge in [0.05, 0.1) is 5.75 Å². The standard InChI is InChI=1S/C9H16N2O3S/c1-4-12-8(13-5-2)6-15-9-11-10-7(3)14-9/h8H,4-6H2,1-3H3. The molecule has 0 radical (unpaired) electrons. The van der Waals surface area contributed by atoms with Crippen LogP contribution >= 0.6 is 11.8 Å². The molecule has 1 rings (SSSR count). The molecular weight excluding hydrogens is 216 g/mol. The van der Waals surface area contributed by atoms with Crippen LogP contribution in [0.1, 0.15) is 19.7 Å². The van der Waals surface area contributed by atoms with Crippen LogP contribution in [0.15, 0.2) is 9.64 Å². The van der Waals surface area contributed by atoms with Crippen LogP contribution in [0.4, 0.5) is 0 Å². The number of hydrogen-bond donors (Lipinski definition) is 0. The van der Waals surface area contributed by atoms with Crippen LogP contribution in [-0.4, -0.2) is 35.5 Å². The summed E-state index contributed by atoms with van der Waals surface area (Å²) in [5.74, 6) is 1.23. The van der Waals surface area contributed by atoms with Gasteiger partial charge in [0, 0.05) is 20.1 Å². The van der Waals surface area contributed by atoms with Crippen molar-refractivity contribution in [3.05, 3.63) is 5.89 Å². The molecule has 0 atom stereocenters. The number of thioether (sulfide) groups is 1. The average molecular weight is 232 g/mol. The molecule has 0 N–H and O–H groups in total. The SMILES string of the molecule is CCOC(CSc1nnc(C)o1)OCC. The summed E-state index contributed by atoms with van der Waals surface area (Å²) in [6.45, 7) is 6.91. The Bertz CT molecular complexity index is 274. The Kier molecular flexibility index (Phi) is 5.67. The summed E-state index contributed by atoms with van der Waals surface area (Å²) < 4.78 is 16.0. The van der Waals surface area contributed by atoms with Gasteiger partial charge in [-0.05, 0) is 13.8 Å². The van der Waals surface area contributed by atoms with Crippen molar-refractivity contribution in [2.24, 2.45) is 0 Å². The molecular formula is C9H16N2O3S. The van der Waals surface area contributed by atoms with Crippen LogP contribution in [0.25, 0.3) is 0 Å². The van der Waals surface area contributed by atoms with Crippen molar-refractivity contribution in [2.45, 2.75) is 32.3 Å². The van der Waals surface area contributed by atoms with Gasteiger partial charge in [0.15, 0.2) is 6.29 Å². The van der Waals surface area contributed by atoms with E-state index in [1.54, 1.807) is 6.92 Å². The van der Waals surface area contributed by atoms with Crippen molar-refractivity contribution in [1.82, 2.24) is 10.2 Å². The number of hydrogen-bond acceptors (Lipinski definition) is 6. The van der Waals surface area contributed by atoms with E-state index >= 15 is 0 Å². The van der Waals surface area contributed by atoms with Gasteiger partial charge in [0.2, 0.25) is 5.89 Å². The highest BCUT2D eigenvalue weighted by molar-refractivity contribution is 7.99. The Morgan fingerprint density at radius 2 is 1.93 bits per heavy atom. The number of nitrogens with zero attached hydrogens (tertiary/aromatic N) is 2. The first-order chi connectivity index (χ1) is 7.26. The predicted octanol–water partition coefficient (Wildman–Crippen LogP) is 1.87. The minimum atomic E-state index is -0.211. The van der Waals surface area contributed by atoms with Gasteiger partial charge in [-0.25, -0.2) is 0 Å². The molecule has 86 valence electrons. The number of aryl methyl sites for hydroxylation is 1. The fraction of sp³-hybridized carbons (Fsp3) is 0.778. The predicted molar refractivity (Wildman–Crippen MR) is 56.8 cm³/mol. The average Bonchev–Trinajstić information content (AvgIpc) is 2.61. The highest BCUT2D eigenvalue weighted by atomic mass is 32.2. The van der Waals surface area contributed by atoms with Gasteiger partial charge in [0.1, 0.15) is 0 Å². The van der Waals surface area contributed by atoms with E-state index in [-0.39, 0.29) is 6.29 Å². The third-order valence-corrected chi connectivity index (χ3v) is 2.41. The van der Waals surface area contributed by atoms with Gasteiger partial charge < -0.3 is 13.9 Å². The van der Waals surface area contributed by atoms with Gasteiger partial charge in [-0.15, -0.1) is 10.2 Å². The largest absolute Gasteiger partial charge is 0.416 e. The molecule has 0 aliphatic rings. The second-order valence-corrected chi connectivity index (χ2v) is 3.71. The Morgan fingerprint density at radius 3 is 2.40 bits per heavy atom. The molecule has 1 heterocycles. The van der Waals surface area contributed by atoms with E-state index in [4.69, 9.17) is 13.9 Å². The zero-order chi connectivity index (χ0) is 11.1. The molecule has 1 aromatic heterocycles. The Labute approximate surface area is 93.5 Å². The van der Waals surface area contributed by atoms with Crippen molar-refractivity contribution in [1.29, 1.82) is 0 Å². The highest BCUT2D eigenvalue weighted by Crippen LogP contribution is 2.18. The molecule has 0 bridgehead atoms. The first-order valence-corrected chi connectivity index (χ1v) is 5.91. The van der Waals surface area contributed by atoms with Crippen molar-refractivity contribution in [3.8, 4) is 0 Å². The van der Waals surface area contributed by atoms with Crippen LogP contribution in [-0.2, 0) is 9.47 Å². The molecule has 0 aliphatic heterocycles. The fourth-order valence-corrected chi connectivity index (χ4v) is 1.74. The molecule has 0 aliphatic carbocycles. The van der Waals surface area contributed by atoms with Crippen molar-refractivity contribution >= 4 is 11.8 Å². The van der Waals surface area contributed by atoms with Crippen molar-refractivity contribution < 1.29 is 13.9 Å². The lowest BCUT2D eigenvalue weighted by Gasteiger charge is -2.14. The number of rotatable bonds is 7. The third kappa shape index (κ3) is 4.63. The van der Waals surface area contributed by atoms with E-state index in [0.29, 0.717) is 30.1 Å². The monoisotopic (exact) mass is 232 g/mol. The number of aromatic nitrogens is 2. The van der Waals surface area contributed by atoms with E-state index in [0.717, 1.165) is 0 Å². The fourth-order valence-electron chi connectivity index (χ4n) is 0.992. The number of ether oxygens (including phenoxy) is 2. The summed E-state index contributed by atoms with van der Waals surface area (Å²) in [6, 6.07) is 0. The van der Waals surface area contributed by atoms with Crippen LogP contribution in [0.2, 0.25) is 0 Å². The van der Waals surface area contributed by atoms with Crippen LogP contribution in [0, 0.1) is 6.92 Å². The molecule has 0 aromatic carbocycles. The maximum Gasteiger partial charge on any atom is 0.276 e. The quantitative estimate of drug-likeness (QED) is 0.528. The second kappa shape index (κ2) is 6.81. The topological polar surface area (TPSA) is 57.4 Å². The smallest absolute Gasteiger partial charge is 0.276 e. The molecule has 0 saturated heterocycles. The first kappa shape index (κ1) is 12.5. The van der Waals surface area contributed by atoms with Crippen molar-refractivity contribution in [2.75, 3.05) is 19.0 Å². The zero-order valence-corrected chi connectivity index (χ0v) is 10.0. The maximum atomic E-state index is 5.38. The Morgan fingerprint density at radius 1 is 1.27 bits per heavy atom. The lowest BCUT2D eigenvalue weighted by atomic mass is 10.7. The van der Waals surface area contributed by atoms with Gasteiger partial charge in [-0.1, -0.05) is 11.8 Å². The molecule has 5 nitrogen and oxygen atoms in total. The summed E-state index contributed by atoms with van der Waals surface area (Å²) in [4.78, 5) is 0. The first-order valence-electron chi connectivity index (χ1n) is 4.92. The van der Waals surface area contributed by atoms with Gasteiger partial charge >= 0.3 is 0 Å². The van der Waals surface area contributed by atoms with E-state index in [1.807, 2.05) is 13.8 Å². The summed E-state index contributed by atoms with van der Waals surface area (Å²) >= 11 is 1.44. The van der Waals surface area contributed by atoms with Crippen LogP contribution in [0.5, 0.6) is 0 Å². The Hall–Kier alpha value is -0.590. The molecule has 0 fully saturated rings. The minimum Gasteiger partial charge on any atom is -0.416 e. The highest BCUT2D eigenvalue weighted by Gasteiger charge is 2.11. The van der Waals surface area contributed by atoms with Crippen LogP contribution in [0.3, 0.4) is 0 Å². The lowest BCUT2D eigenvalue weighted by molar-refractivity contribution is -0.120. The molecule has 1 aromatic rings. The summed E-state index contributed by atoms with van der Waals surface area (Å²) in [5, 5.41) is 8.16. The van der Waals surface area contributed by atoms with Crippen molar-refractivity contribution in [3.63, 3.8) is 0 Å².